The minimum absolute atomic E-state index is 0.0187. The third-order valence-corrected chi connectivity index (χ3v) is 6.00. The summed E-state index contributed by atoms with van der Waals surface area (Å²) in [5.74, 6) is 0.734. The van der Waals surface area contributed by atoms with E-state index in [4.69, 9.17) is 0 Å². The molecule has 1 aromatic heterocycles. The van der Waals surface area contributed by atoms with Crippen LogP contribution < -0.4 is 5.32 Å². The SMILES string of the molecule is CCc1ccc(-c2nc(SC(C)C(=O)c3ccc4c(c3)CCC(=O)N4)n[nH]2)cc1. The van der Waals surface area contributed by atoms with E-state index in [1.807, 2.05) is 31.2 Å². The second kappa shape index (κ2) is 8.21. The molecule has 4 rings (SSSR count). The predicted molar refractivity (Wildman–Crippen MR) is 114 cm³/mol. The van der Waals surface area contributed by atoms with Crippen LogP contribution in [0.3, 0.4) is 0 Å². The lowest BCUT2D eigenvalue weighted by atomic mass is 9.98. The molecule has 7 heteroatoms. The Balaban J connectivity index is 1.45. The number of hydrogen-bond donors (Lipinski definition) is 2. The van der Waals surface area contributed by atoms with E-state index >= 15 is 0 Å². The molecule has 3 aromatic rings. The molecule has 0 saturated carbocycles. The van der Waals surface area contributed by atoms with Gasteiger partial charge in [0.2, 0.25) is 11.1 Å². The van der Waals surface area contributed by atoms with Crippen LogP contribution in [0.1, 0.15) is 41.8 Å². The summed E-state index contributed by atoms with van der Waals surface area (Å²) in [6.45, 7) is 3.98. The highest BCUT2D eigenvalue weighted by Crippen LogP contribution is 2.28. The van der Waals surface area contributed by atoms with Gasteiger partial charge < -0.3 is 5.32 Å². The van der Waals surface area contributed by atoms with Crippen molar-refractivity contribution in [2.75, 3.05) is 5.32 Å². The van der Waals surface area contributed by atoms with Crippen LogP contribution in [0.15, 0.2) is 47.6 Å². The first-order valence-corrected chi connectivity index (χ1v) is 10.6. The fourth-order valence-corrected chi connectivity index (χ4v) is 4.11. The highest BCUT2D eigenvalue weighted by atomic mass is 32.2. The van der Waals surface area contributed by atoms with Crippen LogP contribution in [0.2, 0.25) is 0 Å². The minimum Gasteiger partial charge on any atom is -0.326 e. The molecule has 1 unspecified atom stereocenters. The molecule has 1 amide bonds. The number of amides is 1. The van der Waals surface area contributed by atoms with Crippen molar-refractivity contribution < 1.29 is 9.59 Å². The average molecular weight is 407 g/mol. The highest BCUT2D eigenvalue weighted by molar-refractivity contribution is 8.00. The van der Waals surface area contributed by atoms with Crippen molar-refractivity contribution in [3.8, 4) is 11.4 Å². The number of rotatable bonds is 6. The standard InChI is InChI=1S/C22H22N4O2S/c1-3-14-4-6-15(7-5-14)21-24-22(26-25-21)29-13(2)20(28)17-8-10-18-16(12-17)9-11-19(27)23-18/h4-8,10,12-13H,3,9,11H2,1-2H3,(H,23,27)(H,24,25,26). The van der Waals surface area contributed by atoms with E-state index < -0.39 is 0 Å². The molecule has 0 spiro atoms. The molecular weight excluding hydrogens is 384 g/mol. The summed E-state index contributed by atoms with van der Waals surface area (Å²) < 4.78 is 0. The first kappa shape index (κ1) is 19.4. The number of H-pyrrole nitrogens is 1. The number of ketones is 1. The van der Waals surface area contributed by atoms with E-state index in [0.29, 0.717) is 29.4 Å². The van der Waals surface area contributed by atoms with Crippen LogP contribution in [-0.2, 0) is 17.6 Å². The fraction of sp³-hybridized carbons (Fsp3) is 0.273. The monoisotopic (exact) mass is 406 g/mol. The van der Waals surface area contributed by atoms with Crippen molar-refractivity contribution in [1.29, 1.82) is 0 Å². The number of nitrogens with zero attached hydrogens (tertiary/aromatic N) is 2. The van der Waals surface area contributed by atoms with Gasteiger partial charge >= 0.3 is 0 Å². The zero-order valence-corrected chi connectivity index (χ0v) is 17.2. The maximum absolute atomic E-state index is 12.9. The van der Waals surface area contributed by atoms with Gasteiger partial charge in [0, 0.05) is 23.2 Å². The van der Waals surface area contributed by atoms with E-state index in [2.05, 4.69) is 39.6 Å². The van der Waals surface area contributed by atoms with E-state index in [0.717, 1.165) is 23.2 Å². The molecule has 2 heterocycles. The second-order valence-corrected chi connectivity index (χ2v) is 8.37. The Labute approximate surface area is 173 Å². The zero-order valence-electron chi connectivity index (χ0n) is 16.4. The van der Waals surface area contributed by atoms with Crippen molar-refractivity contribution >= 4 is 29.1 Å². The Morgan fingerprint density at radius 1 is 1.17 bits per heavy atom. The molecule has 0 fully saturated rings. The Bertz CT molecular complexity index is 1060. The summed E-state index contributed by atoms with van der Waals surface area (Å²) in [4.78, 5) is 28.9. The lowest BCUT2D eigenvalue weighted by Crippen LogP contribution is -2.20. The van der Waals surface area contributed by atoms with Gasteiger partial charge in [0.05, 0.1) is 5.25 Å². The number of aryl methyl sites for hydroxylation is 2. The lowest BCUT2D eigenvalue weighted by Gasteiger charge is -2.18. The summed E-state index contributed by atoms with van der Waals surface area (Å²) in [5.41, 5.74) is 4.68. The number of carbonyl (C=O) groups is 2. The molecule has 0 bridgehead atoms. The number of benzene rings is 2. The number of hydrogen-bond acceptors (Lipinski definition) is 5. The molecule has 2 N–H and O–H groups in total. The van der Waals surface area contributed by atoms with E-state index in [-0.39, 0.29) is 16.9 Å². The van der Waals surface area contributed by atoms with Crippen LogP contribution in [0, 0.1) is 0 Å². The zero-order chi connectivity index (χ0) is 20.4. The lowest BCUT2D eigenvalue weighted by molar-refractivity contribution is -0.116. The molecular formula is C22H22N4O2S. The van der Waals surface area contributed by atoms with E-state index in [9.17, 15) is 9.59 Å². The number of Topliss-reactive ketones (excluding diaryl/α,β-unsaturated/α-hetero) is 1. The quantitative estimate of drug-likeness (QED) is 0.471. The topological polar surface area (TPSA) is 87.7 Å². The van der Waals surface area contributed by atoms with Crippen LogP contribution in [0.25, 0.3) is 11.4 Å². The van der Waals surface area contributed by atoms with Gasteiger partial charge in [-0.05, 0) is 49.1 Å². The summed E-state index contributed by atoms with van der Waals surface area (Å²) in [7, 11) is 0. The van der Waals surface area contributed by atoms with Gasteiger partial charge in [-0.15, -0.1) is 5.10 Å². The van der Waals surface area contributed by atoms with E-state index in [1.54, 1.807) is 6.07 Å². The Hall–Kier alpha value is -2.93. The maximum Gasteiger partial charge on any atom is 0.224 e. The van der Waals surface area contributed by atoms with Gasteiger partial charge in [-0.3, -0.25) is 14.7 Å². The van der Waals surface area contributed by atoms with Crippen molar-refractivity contribution in [2.24, 2.45) is 0 Å². The van der Waals surface area contributed by atoms with Gasteiger partial charge in [-0.2, -0.15) is 0 Å². The van der Waals surface area contributed by atoms with Crippen molar-refractivity contribution in [2.45, 2.75) is 43.5 Å². The predicted octanol–water partition coefficient (Wildman–Crippen LogP) is 4.28. The number of thioether (sulfide) groups is 1. The maximum atomic E-state index is 12.9. The van der Waals surface area contributed by atoms with E-state index in [1.165, 1.54) is 17.3 Å². The number of anilines is 1. The van der Waals surface area contributed by atoms with Crippen molar-refractivity contribution in [1.82, 2.24) is 15.2 Å². The molecule has 1 atom stereocenters. The largest absolute Gasteiger partial charge is 0.326 e. The molecule has 29 heavy (non-hydrogen) atoms. The molecule has 1 aliphatic rings. The summed E-state index contributed by atoms with van der Waals surface area (Å²) in [6, 6.07) is 13.7. The normalized spacial score (nSPS) is 14.2. The average Bonchev–Trinajstić information content (AvgIpc) is 3.21. The van der Waals surface area contributed by atoms with Crippen molar-refractivity contribution in [3.05, 3.63) is 59.2 Å². The summed E-state index contributed by atoms with van der Waals surface area (Å²) in [6.07, 6.45) is 2.10. The number of aromatic amines is 1. The van der Waals surface area contributed by atoms with Crippen LogP contribution in [-0.4, -0.2) is 32.1 Å². The van der Waals surface area contributed by atoms with Gasteiger partial charge in [0.25, 0.3) is 0 Å². The molecule has 0 aliphatic carbocycles. The third-order valence-electron chi connectivity index (χ3n) is 5.04. The Morgan fingerprint density at radius 3 is 2.72 bits per heavy atom. The summed E-state index contributed by atoms with van der Waals surface area (Å²) >= 11 is 1.33. The molecule has 0 saturated heterocycles. The van der Waals surface area contributed by atoms with Crippen LogP contribution >= 0.6 is 11.8 Å². The Morgan fingerprint density at radius 2 is 1.97 bits per heavy atom. The molecule has 6 nitrogen and oxygen atoms in total. The van der Waals surface area contributed by atoms with Gasteiger partial charge in [-0.25, -0.2) is 4.98 Å². The molecule has 1 aliphatic heterocycles. The third kappa shape index (κ3) is 4.24. The van der Waals surface area contributed by atoms with Gasteiger partial charge in [0.15, 0.2) is 11.6 Å². The first-order chi connectivity index (χ1) is 14.0. The number of aromatic nitrogens is 3. The van der Waals surface area contributed by atoms with Crippen LogP contribution in [0.5, 0.6) is 0 Å². The summed E-state index contributed by atoms with van der Waals surface area (Å²) in [5, 5.41) is 10.3. The smallest absolute Gasteiger partial charge is 0.224 e. The minimum atomic E-state index is -0.322. The first-order valence-electron chi connectivity index (χ1n) is 9.69. The number of nitrogens with one attached hydrogen (secondary N) is 2. The second-order valence-electron chi connectivity index (χ2n) is 7.06. The van der Waals surface area contributed by atoms with Gasteiger partial charge in [-0.1, -0.05) is 43.0 Å². The number of fused-ring (bicyclic) bond motifs is 1. The van der Waals surface area contributed by atoms with Crippen molar-refractivity contribution in [3.63, 3.8) is 0 Å². The van der Waals surface area contributed by atoms with Gasteiger partial charge in [0.1, 0.15) is 0 Å². The highest BCUT2D eigenvalue weighted by Gasteiger charge is 2.22. The number of carbonyl (C=O) groups excluding carboxylic acids is 2. The Kier molecular flexibility index (Phi) is 5.49. The van der Waals surface area contributed by atoms with Crippen LogP contribution in [0.4, 0.5) is 5.69 Å². The molecule has 0 radical (unpaired) electrons. The fourth-order valence-electron chi connectivity index (χ4n) is 3.31. The molecule has 2 aromatic carbocycles. The molecule has 148 valence electrons.